The Kier molecular flexibility index (Phi) is 6.05. The molecule has 0 aromatic heterocycles. The third-order valence-corrected chi connectivity index (χ3v) is 6.62. The summed E-state index contributed by atoms with van der Waals surface area (Å²) in [7, 11) is -3.74. The van der Waals surface area contributed by atoms with Gasteiger partial charge in [0.1, 0.15) is 0 Å². The number of nitrogens with zero attached hydrogens (tertiary/aromatic N) is 2. The lowest BCUT2D eigenvalue weighted by atomic mass is 10.2. The van der Waals surface area contributed by atoms with Gasteiger partial charge in [0.15, 0.2) is 0 Å². The maximum absolute atomic E-state index is 13.0. The molecule has 1 aliphatic heterocycles. The molecule has 2 aromatic carbocycles. The van der Waals surface area contributed by atoms with Crippen molar-refractivity contribution in [3.63, 3.8) is 0 Å². The van der Waals surface area contributed by atoms with Gasteiger partial charge < -0.3 is 5.32 Å². The van der Waals surface area contributed by atoms with Crippen LogP contribution in [0.4, 0.5) is 5.69 Å². The number of non-ortho nitro benzene ring substituents is 1. The molecule has 1 saturated heterocycles. The fraction of sp³-hybridized carbons (Fsp3) is 0.316. The van der Waals surface area contributed by atoms with Crippen LogP contribution in [0.3, 0.4) is 0 Å². The summed E-state index contributed by atoms with van der Waals surface area (Å²) in [5.74, 6) is -0.505. The van der Waals surface area contributed by atoms with Crippen LogP contribution in [-0.2, 0) is 16.6 Å². The van der Waals surface area contributed by atoms with E-state index in [1.54, 1.807) is 24.3 Å². The Hall–Kier alpha value is -2.78. The molecule has 9 heteroatoms. The highest BCUT2D eigenvalue weighted by atomic mass is 32.2. The molecule has 0 saturated carbocycles. The highest BCUT2D eigenvalue weighted by Gasteiger charge is 2.29. The molecular weight excluding hydrogens is 382 g/mol. The molecule has 1 aliphatic rings. The predicted octanol–water partition coefficient (Wildman–Crippen LogP) is 2.70. The van der Waals surface area contributed by atoms with E-state index in [4.69, 9.17) is 0 Å². The Balaban J connectivity index is 1.76. The quantitative estimate of drug-likeness (QED) is 0.589. The van der Waals surface area contributed by atoms with Gasteiger partial charge in [0.25, 0.3) is 11.6 Å². The zero-order valence-corrected chi connectivity index (χ0v) is 16.0. The van der Waals surface area contributed by atoms with Crippen LogP contribution in [0, 0.1) is 10.1 Å². The summed E-state index contributed by atoms with van der Waals surface area (Å²) in [5.41, 5.74) is 0.735. The van der Waals surface area contributed by atoms with E-state index in [9.17, 15) is 23.3 Å². The number of hydrogen-bond donors (Lipinski definition) is 1. The monoisotopic (exact) mass is 403 g/mol. The SMILES string of the molecule is O=C(NCc1ccc([N+](=O)[O-])cc1)c1ccccc1S(=O)(=O)N1CCCCC1. The number of carbonyl (C=O) groups is 1. The Labute approximate surface area is 163 Å². The first-order chi connectivity index (χ1) is 13.4. The van der Waals surface area contributed by atoms with Crippen molar-refractivity contribution in [3.8, 4) is 0 Å². The first-order valence-corrected chi connectivity index (χ1v) is 10.4. The van der Waals surface area contributed by atoms with Gasteiger partial charge in [-0.2, -0.15) is 4.31 Å². The first-order valence-electron chi connectivity index (χ1n) is 9.00. The molecular formula is C19H21N3O5S. The molecule has 0 aliphatic carbocycles. The number of sulfonamides is 1. The number of piperidine rings is 1. The molecule has 0 radical (unpaired) electrons. The van der Waals surface area contributed by atoms with Crippen LogP contribution in [0.1, 0.15) is 35.2 Å². The normalized spacial score (nSPS) is 15.1. The van der Waals surface area contributed by atoms with E-state index >= 15 is 0 Å². The second kappa shape index (κ2) is 8.49. The van der Waals surface area contributed by atoms with Crippen LogP contribution in [0.5, 0.6) is 0 Å². The Bertz CT molecular complexity index is 967. The lowest BCUT2D eigenvalue weighted by molar-refractivity contribution is -0.384. The minimum absolute atomic E-state index is 0.00176. The van der Waals surface area contributed by atoms with Gasteiger partial charge in [0, 0.05) is 31.8 Å². The molecule has 148 valence electrons. The van der Waals surface area contributed by atoms with Gasteiger partial charge in [-0.15, -0.1) is 0 Å². The van der Waals surface area contributed by atoms with Crippen molar-refractivity contribution in [2.24, 2.45) is 0 Å². The summed E-state index contributed by atoms with van der Waals surface area (Å²) in [6.07, 6.45) is 2.63. The maximum Gasteiger partial charge on any atom is 0.269 e. The average molecular weight is 403 g/mol. The van der Waals surface area contributed by atoms with Gasteiger partial charge in [0.2, 0.25) is 10.0 Å². The lowest BCUT2D eigenvalue weighted by Gasteiger charge is -2.26. The van der Waals surface area contributed by atoms with Crippen LogP contribution in [0.2, 0.25) is 0 Å². The standard InChI is InChI=1S/C19H21N3O5S/c23-19(20-14-15-8-10-16(11-9-15)22(24)25)17-6-2-3-7-18(17)28(26,27)21-12-4-1-5-13-21/h2-3,6-11H,1,4-5,12-14H2,(H,20,23). The summed E-state index contributed by atoms with van der Waals surface area (Å²) in [6, 6.07) is 12.0. The molecule has 0 bridgehead atoms. The van der Waals surface area contributed by atoms with E-state index in [1.807, 2.05) is 0 Å². The number of benzene rings is 2. The maximum atomic E-state index is 13.0. The summed E-state index contributed by atoms with van der Waals surface area (Å²) >= 11 is 0. The summed E-state index contributed by atoms with van der Waals surface area (Å²) in [4.78, 5) is 22.8. The van der Waals surface area contributed by atoms with E-state index in [-0.39, 0.29) is 22.7 Å². The van der Waals surface area contributed by atoms with Crippen LogP contribution >= 0.6 is 0 Å². The smallest absolute Gasteiger partial charge is 0.269 e. The number of rotatable bonds is 6. The first kappa shape index (κ1) is 20.0. The van der Waals surface area contributed by atoms with E-state index in [1.165, 1.54) is 28.6 Å². The lowest BCUT2D eigenvalue weighted by Crippen LogP contribution is -2.37. The third-order valence-electron chi connectivity index (χ3n) is 4.66. The van der Waals surface area contributed by atoms with E-state index < -0.39 is 20.9 Å². The summed E-state index contributed by atoms with van der Waals surface area (Å²) in [5, 5.41) is 13.4. The second-order valence-corrected chi connectivity index (χ2v) is 8.47. The molecule has 0 spiro atoms. The Morgan fingerprint density at radius 2 is 1.68 bits per heavy atom. The number of amides is 1. The van der Waals surface area contributed by atoms with Crippen LogP contribution < -0.4 is 5.32 Å². The van der Waals surface area contributed by atoms with Crippen molar-refractivity contribution >= 4 is 21.6 Å². The van der Waals surface area contributed by atoms with E-state index in [0.717, 1.165) is 19.3 Å². The number of nitro groups is 1. The third kappa shape index (κ3) is 4.37. The van der Waals surface area contributed by atoms with Gasteiger partial charge >= 0.3 is 0 Å². The van der Waals surface area contributed by atoms with E-state index in [2.05, 4.69) is 5.32 Å². The van der Waals surface area contributed by atoms with Crippen molar-refractivity contribution in [1.82, 2.24) is 9.62 Å². The number of hydrogen-bond acceptors (Lipinski definition) is 5. The fourth-order valence-electron chi connectivity index (χ4n) is 3.14. The van der Waals surface area contributed by atoms with Gasteiger partial charge in [-0.05, 0) is 30.5 Å². The van der Waals surface area contributed by atoms with Gasteiger partial charge in [-0.1, -0.05) is 30.7 Å². The van der Waals surface area contributed by atoms with Crippen molar-refractivity contribution in [2.45, 2.75) is 30.7 Å². The number of nitro benzene ring substituents is 1. The summed E-state index contributed by atoms with van der Waals surface area (Å²) < 4.78 is 27.4. The van der Waals surface area contributed by atoms with Crippen LogP contribution in [0.15, 0.2) is 53.4 Å². The molecule has 0 atom stereocenters. The topological polar surface area (TPSA) is 110 Å². The van der Waals surface area contributed by atoms with E-state index in [0.29, 0.717) is 18.7 Å². The van der Waals surface area contributed by atoms with Crippen LogP contribution in [-0.4, -0.2) is 36.6 Å². The molecule has 1 amide bonds. The average Bonchev–Trinajstić information content (AvgIpc) is 2.73. The predicted molar refractivity (Wildman–Crippen MR) is 103 cm³/mol. The molecule has 2 aromatic rings. The summed E-state index contributed by atoms with van der Waals surface area (Å²) in [6.45, 7) is 1.05. The largest absolute Gasteiger partial charge is 0.348 e. The van der Waals surface area contributed by atoms with Gasteiger partial charge in [0.05, 0.1) is 15.4 Å². The highest BCUT2D eigenvalue weighted by Crippen LogP contribution is 2.23. The fourth-order valence-corrected chi connectivity index (χ4v) is 4.84. The van der Waals surface area contributed by atoms with Gasteiger partial charge in [-0.3, -0.25) is 14.9 Å². The zero-order valence-electron chi connectivity index (χ0n) is 15.2. The molecule has 8 nitrogen and oxygen atoms in total. The minimum atomic E-state index is -3.74. The van der Waals surface area contributed by atoms with Crippen molar-refractivity contribution in [1.29, 1.82) is 0 Å². The van der Waals surface area contributed by atoms with Crippen LogP contribution in [0.25, 0.3) is 0 Å². The molecule has 28 heavy (non-hydrogen) atoms. The molecule has 3 rings (SSSR count). The Morgan fingerprint density at radius 3 is 2.32 bits per heavy atom. The van der Waals surface area contributed by atoms with Crippen molar-refractivity contribution < 1.29 is 18.1 Å². The molecule has 1 fully saturated rings. The van der Waals surface area contributed by atoms with Gasteiger partial charge in [-0.25, -0.2) is 8.42 Å². The number of carbonyl (C=O) groups excluding carboxylic acids is 1. The van der Waals surface area contributed by atoms with Crippen molar-refractivity contribution in [2.75, 3.05) is 13.1 Å². The Morgan fingerprint density at radius 1 is 1.04 bits per heavy atom. The second-order valence-electron chi connectivity index (χ2n) is 6.57. The minimum Gasteiger partial charge on any atom is -0.348 e. The highest BCUT2D eigenvalue weighted by molar-refractivity contribution is 7.89. The zero-order chi connectivity index (χ0) is 20.1. The molecule has 1 N–H and O–H groups in total. The van der Waals surface area contributed by atoms with Crippen molar-refractivity contribution in [3.05, 3.63) is 69.8 Å². The molecule has 0 unspecified atom stereocenters. The number of nitrogens with one attached hydrogen (secondary N) is 1. The molecule has 1 heterocycles.